The summed E-state index contributed by atoms with van der Waals surface area (Å²) in [6, 6.07) is 4.52. The van der Waals surface area contributed by atoms with Gasteiger partial charge in [-0.15, -0.1) is 12.4 Å². The van der Waals surface area contributed by atoms with Gasteiger partial charge in [-0.05, 0) is 12.1 Å². The van der Waals surface area contributed by atoms with Gasteiger partial charge in [0.05, 0.1) is 4.90 Å². The Kier molecular flexibility index (Phi) is 5.21. The highest BCUT2D eigenvalue weighted by Gasteiger charge is 2.18. The number of hydrogen-bond donors (Lipinski definition) is 2. The second-order valence-electron chi connectivity index (χ2n) is 3.49. The summed E-state index contributed by atoms with van der Waals surface area (Å²) in [5, 5.41) is 0. The van der Waals surface area contributed by atoms with Crippen LogP contribution in [-0.4, -0.2) is 34.7 Å². The Bertz CT molecular complexity index is 507. The van der Waals surface area contributed by atoms with Gasteiger partial charge in [0.15, 0.2) is 11.5 Å². The third-order valence-electron chi connectivity index (χ3n) is 2.26. The van der Waals surface area contributed by atoms with Crippen LogP contribution in [-0.2, 0) is 10.0 Å². The molecule has 102 valence electrons. The number of hydrogen-bond acceptors (Lipinski definition) is 5. The molecular formula is C10H15ClN2O4S. The molecule has 2 rings (SSSR count). The molecule has 0 bridgehead atoms. The fourth-order valence-corrected chi connectivity index (χ4v) is 2.53. The van der Waals surface area contributed by atoms with E-state index in [1.54, 1.807) is 6.07 Å². The fraction of sp³-hybridized carbons (Fsp3) is 0.400. The quantitative estimate of drug-likeness (QED) is 0.823. The summed E-state index contributed by atoms with van der Waals surface area (Å²) < 4.78 is 36.6. The van der Waals surface area contributed by atoms with Gasteiger partial charge < -0.3 is 15.2 Å². The molecule has 3 N–H and O–H groups in total. The second-order valence-corrected chi connectivity index (χ2v) is 5.26. The van der Waals surface area contributed by atoms with Crippen molar-refractivity contribution in [2.45, 2.75) is 4.90 Å². The molecule has 0 saturated carbocycles. The first-order valence-electron chi connectivity index (χ1n) is 5.23. The molecule has 18 heavy (non-hydrogen) atoms. The first-order chi connectivity index (χ1) is 8.13. The fourth-order valence-electron chi connectivity index (χ4n) is 1.47. The first kappa shape index (κ1) is 15.0. The monoisotopic (exact) mass is 294 g/mol. The van der Waals surface area contributed by atoms with Crippen LogP contribution in [0, 0.1) is 0 Å². The smallest absolute Gasteiger partial charge is 0.240 e. The van der Waals surface area contributed by atoms with Gasteiger partial charge in [-0.25, -0.2) is 13.1 Å². The van der Waals surface area contributed by atoms with Crippen molar-refractivity contribution < 1.29 is 17.9 Å². The van der Waals surface area contributed by atoms with E-state index in [9.17, 15) is 8.42 Å². The van der Waals surface area contributed by atoms with Crippen LogP contribution in [0.25, 0.3) is 0 Å². The van der Waals surface area contributed by atoms with Crippen LogP contribution in [0.4, 0.5) is 0 Å². The number of nitrogens with two attached hydrogens (primary N) is 1. The zero-order valence-electron chi connectivity index (χ0n) is 9.59. The van der Waals surface area contributed by atoms with E-state index >= 15 is 0 Å². The minimum atomic E-state index is -3.52. The zero-order valence-corrected chi connectivity index (χ0v) is 11.2. The van der Waals surface area contributed by atoms with Crippen molar-refractivity contribution in [2.24, 2.45) is 5.73 Å². The number of rotatable bonds is 4. The van der Waals surface area contributed by atoms with Gasteiger partial charge in [-0.1, -0.05) is 0 Å². The molecular weight excluding hydrogens is 280 g/mol. The maximum absolute atomic E-state index is 11.8. The van der Waals surface area contributed by atoms with Crippen molar-refractivity contribution in [3.63, 3.8) is 0 Å². The first-order valence-corrected chi connectivity index (χ1v) is 6.71. The molecule has 0 unspecified atom stereocenters. The second kappa shape index (κ2) is 6.24. The van der Waals surface area contributed by atoms with Gasteiger partial charge in [0, 0.05) is 19.2 Å². The van der Waals surface area contributed by atoms with E-state index in [-0.39, 0.29) is 30.4 Å². The van der Waals surface area contributed by atoms with Gasteiger partial charge in [0.1, 0.15) is 13.2 Å². The molecule has 0 spiro atoms. The van der Waals surface area contributed by atoms with Gasteiger partial charge in [-0.3, -0.25) is 0 Å². The van der Waals surface area contributed by atoms with Crippen LogP contribution in [0.5, 0.6) is 11.5 Å². The number of ether oxygens (including phenoxy) is 2. The predicted molar refractivity (Wildman–Crippen MR) is 68.9 cm³/mol. The lowest BCUT2D eigenvalue weighted by molar-refractivity contribution is 0.171. The predicted octanol–water partition coefficient (Wildman–Crippen LogP) is 0.117. The van der Waals surface area contributed by atoms with Gasteiger partial charge in [-0.2, -0.15) is 0 Å². The number of benzene rings is 1. The van der Waals surface area contributed by atoms with E-state index in [0.29, 0.717) is 24.7 Å². The summed E-state index contributed by atoms with van der Waals surface area (Å²) in [6.07, 6.45) is 0. The molecule has 6 nitrogen and oxygen atoms in total. The van der Waals surface area contributed by atoms with Crippen molar-refractivity contribution in [2.75, 3.05) is 26.3 Å². The Morgan fingerprint density at radius 2 is 1.89 bits per heavy atom. The highest BCUT2D eigenvalue weighted by molar-refractivity contribution is 7.89. The minimum Gasteiger partial charge on any atom is -0.486 e. The van der Waals surface area contributed by atoms with Crippen molar-refractivity contribution >= 4 is 22.4 Å². The Morgan fingerprint density at radius 3 is 2.56 bits per heavy atom. The lowest BCUT2D eigenvalue weighted by Gasteiger charge is -2.18. The van der Waals surface area contributed by atoms with E-state index < -0.39 is 10.0 Å². The molecule has 1 aliphatic rings. The molecule has 0 radical (unpaired) electrons. The van der Waals surface area contributed by atoms with E-state index in [0.717, 1.165) is 0 Å². The standard InChI is InChI=1S/C10H14N2O4S.ClH/c11-3-4-12-17(13,14)8-1-2-9-10(7-8)16-6-5-15-9;/h1-2,7,12H,3-6,11H2;1H. The topological polar surface area (TPSA) is 90.7 Å². The highest BCUT2D eigenvalue weighted by atomic mass is 35.5. The molecule has 1 aromatic rings. The number of halogens is 1. The molecule has 1 aromatic carbocycles. The molecule has 0 amide bonds. The average molecular weight is 295 g/mol. The van der Waals surface area contributed by atoms with Crippen LogP contribution in [0.2, 0.25) is 0 Å². The van der Waals surface area contributed by atoms with Gasteiger partial charge in [0.25, 0.3) is 0 Å². The summed E-state index contributed by atoms with van der Waals surface area (Å²) in [4.78, 5) is 0.148. The summed E-state index contributed by atoms with van der Waals surface area (Å²) in [5.74, 6) is 1.01. The molecule has 0 saturated heterocycles. The minimum absolute atomic E-state index is 0. The number of nitrogens with one attached hydrogen (secondary N) is 1. The van der Waals surface area contributed by atoms with E-state index in [4.69, 9.17) is 15.2 Å². The molecule has 8 heteroatoms. The molecule has 0 atom stereocenters. The molecule has 0 fully saturated rings. The Labute approximate surface area is 112 Å². The zero-order chi connectivity index (χ0) is 12.3. The Hall–Kier alpha value is -1.02. The lowest BCUT2D eigenvalue weighted by atomic mass is 10.3. The van der Waals surface area contributed by atoms with Crippen LogP contribution in [0.3, 0.4) is 0 Å². The maximum atomic E-state index is 11.8. The highest BCUT2D eigenvalue weighted by Crippen LogP contribution is 2.31. The van der Waals surface area contributed by atoms with Crippen molar-refractivity contribution in [1.82, 2.24) is 4.72 Å². The van der Waals surface area contributed by atoms with E-state index in [1.165, 1.54) is 12.1 Å². The molecule has 1 heterocycles. The summed E-state index contributed by atoms with van der Waals surface area (Å²) in [6.45, 7) is 1.36. The third kappa shape index (κ3) is 3.26. The summed E-state index contributed by atoms with van der Waals surface area (Å²) in [5.41, 5.74) is 5.25. The van der Waals surface area contributed by atoms with Crippen molar-refractivity contribution in [3.05, 3.63) is 18.2 Å². The SMILES string of the molecule is Cl.NCCNS(=O)(=O)c1ccc2c(c1)OCCO2. The van der Waals surface area contributed by atoms with E-state index in [2.05, 4.69) is 4.72 Å². The Balaban J connectivity index is 0.00000162. The number of fused-ring (bicyclic) bond motifs is 1. The molecule has 1 aliphatic heterocycles. The van der Waals surface area contributed by atoms with Crippen molar-refractivity contribution in [3.8, 4) is 11.5 Å². The molecule has 0 aromatic heterocycles. The van der Waals surface area contributed by atoms with Crippen LogP contribution in [0.15, 0.2) is 23.1 Å². The maximum Gasteiger partial charge on any atom is 0.240 e. The normalized spacial score (nSPS) is 13.8. The van der Waals surface area contributed by atoms with Crippen molar-refractivity contribution in [1.29, 1.82) is 0 Å². The lowest BCUT2D eigenvalue weighted by Crippen LogP contribution is -2.29. The van der Waals surface area contributed by atoms with Gasteiger partial charge >= 0.3 is 0 Å². The van der Waals surface area contributed by atoms with E-state index in [1.807, 2.05) is 0 Å². The number of sulfonamides is 1. The van der Waals surface area contributed by atoms with Crippen LogP contribution in [0.1, 0.15) is 0 Å². The average Bonchev–Trinajstić information content (AvgIpc) is 2.36. The Morgan fingerprint density at radius 1 is 1.22 bits per heavy atom. The van der Waals surface area contributed by atoms with Crippen LogP contribution >= 0.6 is 12.4 Å². The summed E-state index contributed by atoms with van der Waals surface area (Å²) in [7, 11) is -3.52. The summed E-state index contributed by atoms with van der Waals surface area (Å²) >= 11 is 0. The molecule has 0 aliphatic carbocycles. The largest absolute Gasteiger partial charge is 0.486 e. The third-order valence-corrected chi connectivity index (χ3v) is 3.72. The van der Waals surface area contributed by atoms with Gasteiger partial charge in [0.2, 0.25) is 10.0 Å². The van der Waals surface area contributed by atoms with Crippen LogP contribution < -0.4 is 19.9 Å².